The molecule has 0 saturated carbocycles. The highest BCUT2D eigenvalue weighted by Crippen LogP contribution is 2.22. The number of nitrogens with one attached hydrogen (secondary N) is 1. The van der Waals surface area contributed by atoms with Gasteiger partial charge in [0, 0.05) is 19.2 Å². The van der Waals surface area contributed by atoms with E-state index >= 15 is 0 Å². The summed E-state index contributed by atoms with van der Waals surface area (Å²) < 4.78 is 1.56. The Bertz CT molecular complexity index is 1450. The monoisotopic (exact) mass is 475 g/mol. The average Bonchev–Trinajstić information content (AvgIpc) is 2.79. The lowest BCUT2D eigenvalue weighted by atomic mass is 10.0. The minimum Gasteiger partial charge on any atom is -0.382 e. The maximum Gasteiger partial charge on any atom is 0.267 e. The van der Waals surface area contributed by atoms with E-state index in [2.05, 4.69) is 27.2 Å². The predicted molar refractivity (Wildman–Crippen MR) is 132 cm³/mol. The van der Waals surface area contributed by atoms with Crippen LogP contribution in [-0.2, 0) is 6.42 Å². The number of benzene rings is 1. The van der Waals surface area contributed by atoms with Crippen LogP contribution < -0.4 is 22.3 Å². The number of rotatable bonds is 7. The fraction of sp³-hybridized carbons (Fsp3) is 0.217. The van der Waals surface area contributed by atoms with Crippen LogP contribution in [0.5, 0.6) is 0 Å². The van der Waals surface area contributed by atoms with Crippen LogP contribution in [0.3, 0.4) is 0 Å². The molecule has 0 fully saturated rings. The zero-order valence-electron chi connectivity index (χ0n) is 18.4. The van der Waals surface area contributed by atoms with Gasteiger partial charge in [0.05, 0.1) is 27.8 Å². The fourth-order valence-corrected chi connectivity index (χ4v) is 3.96. The average molecular weight is 476 g/mol. The minimum absolute atomic E-state index is 0.00781. The van der Waals surface area contributed by atoms with Gasteiger partial charge in [-0.05, 0) is 36.6 Å². The van der Waals surface area contributed by atoms with Crippen LogP contribution >= 0.6 is 11.6 Å². The fourth-order valence-electron chi connectivity index (χ4n) is 3.71. The van der Waals surface area contributed by atoms with Gasteiger partial charge in [0.25, 0.3) is 5.56 Å². The van der Waals surface area contributed by atoms with Crippen molar-refractivity contribution in [2.24, 2.45) is 5.92 Å². The second-order valence-electron chi connectivity index (χ2n) is 7.84. The quantitative estimate of drug-likeness (QED) is 0.364. The van der Waals surface area contributed by atoms with E-state index in [1.807, 2.05) is 12.1 Å². The molecular formula is C23H22ClN9O. The van der Waals surface area contributed by atoms with Gasteiger partial charge in [-0.25, -0.2) is 4.98 Å². The van der Waals surface area contributed by atoms with Gasteiger partial charge < -0.3 is 16.8 Å². The molecular weight excluding hydrogens is 454 g/mol. The lowest BCUT2D eigenvalue weighted by Gasteiger charge is -2.17. The number of nitriles is 1. The molecule has 0 spiro atoms. The number of halogens is 1. The summed E-state index contributed by atoms with van der Waals surface area (Å²) in [7, 11) is 0. The summed E-state index contributed by atoms with van der Waals surface area (Å²) in [5.41, 5.74) is 12.5. The number of fused-ring (bicyclic) bond motifs is 1. The maximum atomic E-state index is 13.4. The number of nitrogens with two attached hydrogens (primary N) is 2. The molecule has 11 heteroatoms. The van der Waals surface area contributed by atoms with Gasteiger partial charge in [-0.15, -0.1) is 0 Å². The first-order chi connectivity index (χ1) is 16.4. The van der Waals surface area contributed by atoms with Crippen molar-refractivity contribution in [3.8, 4) is 11.8 Å². The molecule has 1 unspecified atom stereocenters. The third kappa shape index (κ3) is 4.60. The van der Waals surface area contributed by atoms with Gasteiger partial charge in [0.1, 0.15) is 23.3 Å². The van der Waals surface area contributed by atoms with E-state index in [1.165, 1.54) is 0 Å². The molecule has 0 radical (unpaired) electrons. The molecule has 5 N–H and O–H groups in total. The summed E-state index contributed by atoms with van der Waals surface area (Å²) in [5.74, 6) is 1.05. The predicted octanol–water partition coefficient (Wildman–Crippen LogP) is 2.94. The van der Waals surface area contributed by atoms with E-state index in [0.29, 0.717) is 52.6 Å². The topological polar surface area (TPSA) is 161 Å². The zero-order chi connectivity index (χ0) is 24.2. The molecule has 10 nitrogen and oxygen atoms in total. The third-order valence-electron chi connectivity index (χ3n) is 5.35. The Morgan fingerprint density at radius 1 is 1.21 bits per heavy atom. The lowest BCUT2D eigenvalue weighted by molar-refractivity contribution is 0.523. The minimum atomic E-state index is -0.241. The van der Waals surface area contributed by atoms with Gasteiger partial charge in [-0.2, -0.15) is 15.2 Å². The summed E-state index contributed by atoms with van der Waals surface area (Å²) >= 11 is 6.33. The Morgan fingerprint density at radius 2 is 2.03 bits per heavy atom. The molecule has 0 amide bonds. The molecule has 34 heavy (non-hydrogen) atoms. The van der Waals surface area contributed by atoms with Crippen molar-refractivity contribution in [1.29, 1.82) is 5.26 Å². The number of pyridine rings is 1. The lowest BCUT2D eigenvalue weighted by Crippen LogP contribution is -2.26. The van der Waals surface area contributed by atoms with Gasteiger partial charge in [0.15, 0.2) is 5.82 Å². The van der Waals surface area contributed by atoms with E-state index in [1.54, 1.807) is 41.2 Å². The van der Waals surface area contributed by atoms with Crippen molar-refractivity contribution >= 4 is 40.1 Å². The van der Waals surface area contributed by atoms with E-state index in [0.717, 1.165) is 0 Å². The highest BCUT2D eigenvalue weighted by molar-refractivity contribution is 6.35. The van der Waals surface area contributed by atoms with Crippen LogP contribution in [-0.4, -0.2) is 31.0 Å². The summed E-state index contributed by atoms with van der Waals surface area (Å²) in [6.45, 7) is 2.56. The summed E-state index contributed by atoms with van der Waals surface area (Å²) in [5, 5.41) is 13.1. The standard InChI is InChI=1S/C23H22ClN9O/c1-13(7-9-29-21-15(11-25)20(26)31-23(27)32-21)10-18-30-17-6-2-5-16(24)19(17)22(34)33(18)14-4-3-8-28-12-14/h2-6,8,12-13H,7,9-10H2,1H3,(H5,26,27,29,31,32). The van der Waals surface area contributed by atoms with Crippen molar-refractivity contribution in [1.82, 2.24) is 24.5 Å². The molecule has 3 heterocycles. The molecule has 0 aliphatic heterocycles. The molecule has 4 aromatic rings. The number of anilines is 3. The molecule has 0 bridgehead atoms. The normalized spacial score (nSPS) is 11.8. The summed E-state index contributed by atoms with van der Waals surface area (Å²) in [4.78, 5) is 30.2. The molecule has 4 rings (SSSR count). The Morgan fingerprint density at radius 3 is 2.76 bits per heavy atom. The van der Waals surface area contributed by atoms with Gasteiger partial charge in [-0.1, -0.05) is 24.6 Å². The third-order valence-corrected chi connectivity index (χ3v) is 5.66. The number of hydrogen-bond acceptors (Lipinski definition) is 9. The largest absolute Gasteiger partial charge is 0.382 e. The first-order valence-electron chi connectivity index (χ1n) is 10.6. The molecule has 3 aromatic heterocycles. The number of nitrogen functional groups attached to an aromatic ring is 2. The van der Waals surface area contributed by atoms with Crippen LogP contribution in [0.1, 0.15) is 24.7 Å². The second kappa shape index (κ2) is 9.72. The number of nitrogens with zero attached hydrogens (tertiary/aromatic N) is 6. The van der Waals surface area contributed by atoms with Crippen LogP contribution in [0.4, 0.5) is 17.6 Å². The first kappa shape index (κ1) is 22.9. The molecule has 0 saturated heterocycles. The van der Waals surface area contributed by atoms with Crippen LogP contribution in [0.25, 0.3) is 16.6 Å². The highest BCUT2D eigenvalue weighted by Gasteiger charge is 2.17. The highest BCUT2D eigenvalue weighted by atomic mass is 35.5. The van der Waals surface area contributed by atoms with Gasteiger partial charge in [-0.3, -0.25) is 14.3 Å². The molecule has 1 aromatic carbocycles. The summed E-state index contributed by atoms with van der Waals surface area (Å²) in [6.07, 6.45) is 4.49. The Labute approximate surface area is 200 Å². The van der Waals surface area contributed by atoms with E-state index in [9.17, 15) is 10.1 Å². The van der Waals surface area contributed by atoms with E-state index in [4.69, 9.17) is 28.1 Å². The zero-order valence-corrected chi connectivity index (χ0v) is 19.1. The molecule has 1 atom stereocenters. The van der Waals surface area contributed by atoms with Crippen molar-refractivity contribution in [2.75, 3.05) is 23.3 Å². The number of aromatic nitrogens is 5. The second-order valence-corrected chi connectivity index (χ2v) is 8.25. The summed E-state index contributed by atoms with van der Waals surface area (Å²) in [6, 6.07) is 10.8. The van der Waals surface area contributed by atoms with Gasteiger partial charge in [0.2, 0.25) is 5.95 Å². The number of hydrogen-bond donors (Lipinski definition) is 3. The maximum absolute atomic E-state index is 13.4. The molecule has 0 aliphatic carbocycles. The van der Waals surface area contributed by atoms with Crippen molar-refractivity contribution in [2.45, 2.75) is 19.8 Å². The molecule has 0 aliphatic rings. The van der Waals surface area contributed by atoms with Crippen molar-refractivity contribution in [3.63, 3.8) is 0 Å². The van der Waals surface area contributed by atoms with Crippen molar-refractivity contribution in [3.05, 3.63) is 69.5 Å². The smallest absolute Gasteiger partial charge is 0.267 e. The van der Waals surface area contributed by atoms with Crippen LogP contribution in [0.2, 0.25) is 5.02 Å². The van der Waals surface area contributed by atoms with Gasteiger partial charge >= 0.3 is 0 Å². The first-order valence-corrected chi connectivity index (χ1v) is 10.9. The van der Waals surface area contributed by atoms with Crippen LogP contribution in [0, 0.1) is 17.2 Å². The molecule has 172 valence electrons. The van der Waals surface area contributed by atoms with Crippen LogP contribution in [0.15, 0.2) is 47.5 Å². The Balaban J connectivity index is 1.60. The SMILES string of the molecule is CC(CCNc1nc(N)nc(N)c1C#N)Cc1nc2cccc(Cl)c2c(=O)n1-c1cccnc1. The Kier molecular flexibility index (Phi) is 6.56. The van der Waals surface area contributed by atoms with E-state index < -0.39 is 0 Å². The van der Waals surface area contributed by atoms with E-state index in [-0.39, 0.29) is 28.8 Å². The Hall–Kier alpha value is -4.23. The van der Waals surface area contributed by atoms with Crippen molar-refractivity contribution < 1.29 is 0 Å².